The number of hydrogen-bond acceptors (Lipinski definition) is 4. The van der Waals surface area contributed by atoms with Crippen molar-refractivity contribution < 1.29 is 10.3 Å². The molecule has 0 saturated carbocycles. The number of aromatic hydroxyl groups is 1. The number of H-pyrrole nitrogens is 1. The Morgan fingerprint density at radius 2 is 1.92 bits per heavy atom. The first kappa shape index (κ1) is 15.0. The Bertz CT molecular complexity index is 1070. The fourth-order valence-corrected chi connectivity index (χ4v) is 3.03. The molecule has 0 saturated heterocycles. The molecule has 0 bridgehead atoms. The Morgan fingerprint density at radius 1 is 1.00 bits per heavy atom. The third-order valence-corrected chi connectivity index (χ3v) is 4.13. The average molecular weight is 329 g/mol. The van der Waals surface area contributed by atoms with Gasteiger partial charge < -0.3 is 15.3 Å². The molecule has 5 nitrogen and oxygen atoms in total. The molecule has 0 radical (unpaired) electrons. The molecule has 0 aliphatic rings. The molecule has 0 fully saturated rings. The molecular weight excluding hydrogens is 314 g/mol. The number of phenolic OH excluding ortho intramolecular Hbond substituents is 1. The molecular formula is C20H15N3O2. The van der Waals surface area contributed by atoms with E-state index in [0.29, 0.717) is 16.8 Å². The van der Waals surface area contributed by atoms with Gasteiger partial charge in [0.25, 0.3) is 0 Å². The van der Waals surface area contributed by atoms with Crippen LogP contribution in [0.3, 0.4) is 0 Å². The highest BCUT2D eigenvalue weighted by atomic mass is 16.4. The second kappa shape index (κ2) is 6.13. The van der Waals surface area contributed by atoms with Crippen molar-refractivity contribution in [1.82, 2.24) is 9.97 Å². The maximum Gasteiger partial charge on any atom is 0.118 e. The van der Waals surface area contributed by atoms with Crippen LogP contribution in [0.5, 0.6) is 5.75 Å². The van der Waals surface area contributed by atoms with Crippen LogP contribution in [0.15, 0.2) is 78.3 Å². The minimum absolute atomic E-state index is 0.102. The lowest BCUT2D eigenvalue weighted by molar-refractivity contribution is 0.319. The van der Waals surface area contributed by atoms with Crippen LogP contribution >= 0.6 is 0 Å². The van der Waals surface area contributed by atoms with E-state index in [1.807, 2.05) is 36.5 Å². The van der Waals surface area contributed by atoms with E-state index in [-0.39, 0.29) is 5.75 Å². The van der Waals surface area contributed by atoms with E-state index in [9.17, 15) is 10.3 Å². The number of nitrogens with one attached hydrogen (secondary N) is 1. The Morgan fingerprint density at radius 3 is 2.72 bits per heavy atom. The maximum absolute atomic E-state index is 10.2. The van der Waals surface area contributed by atoms with Crippen LogP contribution in [-0.2, 0) is 0 Å². The van der Waals surface area contributed by atoms with Crippen LogP contribution in [0.1, 0.15) is 11.1 Å². The highest BCUT2D eigenvalue weighted by Gasteiger charge is 2.13. The van der Waals surface area contributed by atoms with Gasteiger partial charge in [-0.15, -0.1) is 0 Å². The summed E-state index contributed by atoms with van der Waals surface area (Å²) in [6, 6.07) is 16.7. The maximum atomic E-state index is 10.2. The van der Waals surface area contributed by atoms with Crippen molar-refractivity contribution in [2.24, 2.45) is 5.16 Å². The summed E-state index contributed by atoms with van der Waals surface area (Å²) in [5, 5.41) is 24.2. The van der Waals surface area contributed by atoms with Gasteiger partial charge in [-0.3, -0.25) is 4.98 Å². The minimum Gasteiger partial charge on any atom is -0.508 e. The number of fused-ring (bicyclic) bond motifs is 1. The van der Waals surface area contributed by atoms with Crippen molar-refractivity contribution >= 4 is 16.6 Å². The molecule has 2 aromatic carbocycles. The van der Waals surface area contributed by atoms with Gasteiger partial charge in [-0.2, -0.15) is 0 Å². The summed E-state index contributed by atoms with van der Waals surface area (Å²) in [6.45, 7) is 0. The van der Waals surface area contributed by atoms with Gasteiger partial charge in [0.15, 0.2) is 0 Å². The van der Waals surface area contributed by atoms with Gasteiger partial charge in [-0.1, -0.05) is 17.3 Å². The molecule has 122 valence electrons. The molecule has 0 spiro atoms. The number of rotatable bonds is 3. The third-order valence-electron chi connectivity index (χ3n) is 4.13. The number of aromatic amines is 1. The third kappa shape index (κ3) is 2.72. The smallest absolute Gasteiger partial charge is 0.118 e. The van der Waals surface area contributed by atoms with E-state index in [1.54, 1.807) is 36.7 Å². The van der Waals surface area contributed by atoms with Gasteiger partial charge in [0, 0.05) is 40.6 Å². The van der Waals surface area contributed by atoms with E-state index >= 15 is 0 Å². The van der Waals surface area contributed by atoms with E-state index in [2.05, 4.69) is 15.1 Å². The van der Waals surface area contributed by atoms with Crippen LogP contribution in [0.4, 0.5) is 0 Å². The largest absolute Gasteiger partial charge is 0.508 e. The summed E-state index contributed by atoms with van der Waals surface area (Å²) in [5.74, 6) is 0.102. The Labute approximate surface area is 143 Å². The Hall–Kier alpha value is -3.60. The van der Waals surface area contributed by atoms with Crippen LogP contribution < -0.4 is 0 Å². The minimum atomic E-state index is 0.102. The average Bonchev–Trinajstić information content (AvgIpc) is 3.11. The SMILES string of the molecule is O/N=C(/c1cccnc1)c1cc(O)cc(-c2cccc3[nH]ccc23)c1. The molecule has 0 aliphatic carbocycles. The van der Waals surface area contributed by atoms with Gasteiger partial charge in [-0.25, -0.2) is 0 Å². The van der Waals surface area contributed by atoms with E-state index < -0.39 is 0 Å². The first-order valence-electron chi connectivity index (χ1n) is 7.79. The summed E-state index contributed by atoms with van der Waals surface area (Å²) >= 11 is 0. The van der Waals surface area contributed by atoms with Crippen molar-refractivity contribution in [3.63, 3.8) is 0 Å². The number of hydrogen-bond donors (Lipinski definition) is 3. The van der Waals surface area contributed by atoms with Crippen molar-refractivity contribution in [3.8, 4) is 16.9 Å². The standard InChI is InChI=1S/C20H15N3O2/c24-16-10-14(17-4-1-5-19-18(17)6-8-22-19)9-15(11-16)20(23-25)13-3-2-7-21-12-13/h1-12,22,24-25H/b23-20-. The molecule has 5 heteroatoms. The van der Waals surface area contributed by atoms with Gasteiger partial charge in [-0.05, 0) is 53.6 Å². The van der Waals surface area contributed by atoms with Crippen molar-refractivity contribution in [2.45, 2.75) is 0 Å². The molecule has 2 aromatic heterocycles. The van der Waals surface area contributed by atoms with Crippen LogP contribution in [0, 0.1) is 0 Å². The van der Waals surface area contributed by atoms with Crippen LogP contribution in [0.2, 0.25) is 0 Å². The zero-order chi connectivity index (χ0) is 17.2. The number of nitrogens with zero attached hydrogens (tertiary/aromatic N) is 2. The fourth-order valence-electron chi connectivity index (χ4n) is 3.03. The van der Waals surface area contributed by atoms with Crippen LogP contribution in [-0.4, -0.2) is 26.0 Å². The Kier molecular flexibility index (Phi) is 3.67. The van der Waals surface area contributed by atoms with Crippen molar-refractivity contribution in [3.05, 3.63) is 84.3 Å². The first-order valence-corrected chi connectivity index (χ1v) is 7.79. The molecule has 0 atom stereocenters. The zero-order valence-electron chi connectivity index (χ0n) is 13.2. The topological polar surface area (TPSA) is 81.5 Å². The highest BCUT2D eigenvalue weighted by Crippen LogP contribution is 2.32. The predicted octanol–water partition coefficient (Wildman–Crippen LogP) is 4.16. The normalized spacial score (nSPS) is 11.8. The van der Waals surface area contributed by atoms with Gasteiger partial charge in [0.2, 0.25) is 0 Å². The Balaban J connectivity index is 1.89. The van der Waals surface area contributed by atoms with Crippen molar-refractivity contribution in [1.29, 1.82) is 0 Å². The summed E-state index contributed by atoms with van der Waals surface area (Å²) in [6.07, 6.45) is 5.15. The molecule has 4 rings (SSSR count). The fraction of sp³-hybridized carbons (Fsp3) is 0. The van der Waals surface area contributed by atoms with Gasteiger partial charge in [0.05, 0.1) is 0 Å². The van der Waals surface area contributed by atoms with Crippen LogP contribution in [0.25, 0.3) is 22.0 Å². The second-order valence-corrected chi connectivity index (χ2v) is 5.70. The molecule has 0 amide bonds. The summed E-state index contributed by atoms with van der Waals surface area (Å²) in [5.41, 5.74) is 4.47. The monoisotopic (exact) mass is 329 g/mol. The summed E-state index contributed by atoms with van der Waals surface area (Å²) in [7, 11) is 0. The van der Waals surface area contributed by atoms with Gasteiger partial charge in [0.1, 0.15) is 11.5 Å². The molecule has 4 aromatic rings. The number of pyridine rings is 1. The van der Waals surface area contributed by atoms with E-state index in [0.717, 1.165) is 22.0 Å². The number of oxime groups is 1. The zero-order valence-corrected chi connectivity index (χ0v) is 13.2. The number of aromatic nitrogens is 2. The van der Waals surface area contributed by atoms with Crippen molar-refractivity contribution in [2.75, 3.05) is 0 Å². The molecule has 0 unspecified atom stereocenters. The van der Waals surface area contributed by atoms with E-state index in [4.69, 9.17) is 0 Å². The first-order chi connectivity index (χ1) is 12.3. The molecule has 3 N–H and O–H groups in total. The molecule has 25 heavy (non-hydrogen) atoms. The number of benzene rings is 2. The summed E-state index contributed by atoms with van der Waals surface area (Å²) in [4.78, 5) is 7.24. The lowest BCUT2D eigenvalue weighted by atomic mass is 9.96. The molecule has 2 heterocycles. The number of phenols is 1. The van der Waals surface area contributed by atoms with E-state index in [1.165, 1.54) is 0 Å². The quantitative estimate of drug-likeness (QED) is 0.300. The lowest BCUT2D eigenvalue weighted by Gasteiger charge is -2.10. The molecule has 0 aliphatic heterocycles. The highest BCUT2D eigenvalue weighted by molar-refractivity contribution is 6.13. The lowest BCUT2D eigenvalue weighted by Crippen LogP contribution is -2.04. The second-order valence-electron chi connectivity index (χ2n) is 5.70. The predicted molar refractivity (Wildman–Crippen MR) is 97.1 cm³/mol. The van der Waals surface area contributed by atoms with Gasteiger partial charge >= 0.3 is 0 Å². The summed E-state index contributed by atoms with van der Waals surface area (Å²) < 4.78 is 0.